The fourth-order valence-corrected chi connectivity index (χ4v) is 5.24. The lowest BCUT2D eigenvalue weighted by Gasteiger charge is -2.18. The van der Waals surface area contributed by atoms with Gasteiger partial charge in [-0.2, -0.15) is 0 Å². The number of benzene rings is 2. The molecule has 3 aromatic rings. The molecule has 0 nitrogen and oxygen atoms in total. The average Bonchev–Trinajstić information content (AvgIpc) is 2.65. The summed E-state index contributed by atoms with van der Waals surface area (Å²) in [5.74, 6) is 0. The van der Waals surface area contributed by atoms with E-state index in [-0.39, 0.29) is 0 Å². The summed E-state index contributed by atoms with van der Waals surface area (Å²) in [5.41, 5.74) is 0. The first-order valence-electron chi connectivity index (χ1n) is 5.98. The van der Waals surface area contributed by atoms with Gasteiger partial charge in [0.2, 0.25) is 0 Å². The lowest BCUT2D eigenvalue weighted by atomic mass is 10.1. The van der Waals surface area contributed by atoms with Crippen molar-refractivity contribution in [3.05, 3.63) is 42.5 Å². The molecule has 0 aliphatic rings. The van der Waals surface area contributed by atoms with Gasteiger partial charge < -0.3 is 0 Å². The molecule has 86 valence electrons. The second kappa shape index (κ2) is 3.69. The molecule has 0 amide bonds. The van der Waals surface area contributed by atoms with Crippen molar-refractivity contribution in [2.24, 2.45) is 0 Å². The highest BCUT2D eigenvalue weighted by molar-refractivity contribution is 7.26. The van der Waals surface area contributed by atoms with Crippen LogP contribution in [0.2, 0.25) is 19.6 Å². The molecule has 0 saturated carbocycles. The van der Waals surface area contributed by atoms with Crippen molar-refractivity contribution in [2.45, 2.75) is 19.6 Å². The monoisotopic (exact) mass is 256 g/mol. The van der Waals surface area contributed by atoms with Crippen LogP contribution in [0.3, 0.4) is 0 Å². The minimum absolute atomic E-state index is 1.27. The second-order valence-electron chi connectivity index (χ2n) is 5.53. The van der Waals surface area contributed by atoms with Crippen LogP contribution in [-0.4, -0.2) is 8.07 Å². The summed E-state index contributed by atoms with van der Waals surface area (Å²) in [6, 6.07) is 15.6. The molecule has 0 spiro atoms. The van der Waals surface area contributed by atoms with Gasteiger partial charge in [0.15, 0.2) is 0 Å². The first-order valence-corrected chi connectivity index (χ1v) is 10.3. The van der Waals surface area contributed by atoms with E-state index in [2.05, 4.69) is 62.1 Å². The van der Waals surface area contributed by atoms with Crippen molar-refractivity contribution in [3.63, 3.8) is 0 Å². The van der Waals surface area contributed by atoms with Crippen LogP contribution in [0, 0.1) is 0 Å². The molecule has 17 heavy (non-hydrogen) atoms. The highest BCUT2D eigenvalue weighted by Crippen LogP contribution is 2.33. The molecule has 0 atom stereocenters. The van der Waals surface area contributed by atoms with Crippen LogP contribution < -0.4 is 5.19 Å². The van der Waals surface area contributed by atoms with E-state index in [9.17, 15) is 0 Å². The lowest BCUT2D eigenvalue weighted by Crippen LogP contribution is -2.37. The fraction of sp³-hybridized carbons (Fsp3) is 0.200. The van der Waals surface area contributed by atoms with Gasteiger partial charge in [0.1, 0.15) is 0 Å². The van der Waals surface area contributed by atoms with Crippen molar-refractivity contribution < 1.29 is 0 Å². The smallest absolute Gasteiger partial charge is 0.0784 e. The maximum absolute atomic E-state index is 2.42. The second-order valence-corrected chi connectivity index (χ2v) is 11.6. The van der Waals surface area contributed by atoms with E-state index in [1.165, 1.54) is 20.2 Å². The Balaban J connectivity index is 2.52. The molecule has 0 aliphatic carbocycles. The number of hydrogen-bond acceptors (Lipinski definition) is 1. The van der Waals surface area contributed by atoms with Gasteiger partial charge in [0.25, 0.3) is 0 Å². The van der Waals surface area contributed by atoms with E-state index in [1.54, 1.807) is 5.19 Å². The van der Waals surface area contributed by atoms with Crippen LogP contribution in [0.1, 0.15) is 0 Å². The minimum Gasteiger partial charge on any atom is -0.135 e. The molecule has 0 fully saturated rings. The van der Waals surface area contributed by atoms with E-state index in [0.717, 1.165) is 0 Å². The summed E-state index contributed by atoms with van der Waals surface area (Å²) in [5, 5.41) is 4.53. The first-order chi connectivity index (χ1) is 8.07. The third-order valence-electron chi connectivity index (χ3n) is 3.21. The zero-order valence-corrected chi connectivity index (χ0v) is 12.3. The SMILES string of the molecule is C[Si](C)(C)c1cccc2sc3ccccc3c12. The van der Waals surface area contributed by atoms with E-state index in [4.69, 9.17) is 0 Å². The molecule has 0 bridgehead atoms. The van der Waals surface area contributed by atoms with Gasteiger partial charge in [0, 0.05) is 14.8 Å². The Bertz CT molecular complexity index is 689. The van der Waals surface area contributed by atoms with Gasteiger partial charge in [-0.1, -0.05) is 55.2 Å². The fourth-order valence-electron chi connectivity index (χ4n) is 2.40. The van der Waals surface area contributed by atoms with Crippen molar-refractivity contribution in [3.8, 4) is 0 Å². The van der Waals surface area contributed by atoms with Crippen molar-refractivity contribution in [2.75, 3.05) is 0 Å². The zero-order chi connectivity index (χ0) is 12.0. The number of thiophene rings is 1. The molecule has 0 N–H and O–H groups in total. The summed E-state index contributed by atoms with van der Waals surface area (Å²) in [4.78, 5) is 0. The van der Waals surface area contributed by atoms with Crippen LogP contribution in [0.25, 0.3) is 20.2 Å². The number of rotatable bonds is 1. The summed E-state index contributed by atoms with van der Waals surface area (Å²) < 4.78 is 2.85. The van der Waals surface area contributed by atoms with Crippen molar-refractivity contribution in [1.82, 2.24) is 0 Å². The summed E-state index contributed by atoms with van der Waals surface area (Å²) in [7, 11) is -1.27. The number of fused-ring (bicyclic) bond motifs is 3. The van der Waals surface area contributed by atoms with Gasteiger partial charge in [0.05, 0.1) is 8.07 Å². The van der Waals surface area contributed by atoms with Gasteiger partial charge >= 0.3 is 0 Å². The molecule has 0 radical (unpaired) electrons. The molecule has 1 aromatic heterocycles. The molecule has 2 aromatic carbocycles. The van der Waals surface area contributed by atoms with Crippen LogP contribution in [0.15, 0.2) is 42.5 Å². The van der Waals surface area contributed by atoms with E-state index in [1.807, 2.05) is 11.3 Å². The Labute approximate surface area is 107 Å². The Morgan fingerprint density at radius 1 is 0.824 bits per heavy atom. The predicted octanol–water partition coefficient (Wildman–Crippen LogP) is 4.60. The Kier molecular flexibility index (Phi) is 2.38. The van der Waals surface area contributed by atoms with Crippen molar-refractivity contribution in [1.29, 1.82) is 0 Å². The quantitative estimate of drug-likeness (QED) is 0.558. The van der Waals surface area contributed by atoms with Crippen LogP contribution in [0.5, 0.6) is 0 Å². The third-order valence-corrected chi connectivity index (χ3v) is 6.38. The summed E-state index contributed by atoms with van der Waals surface area (Å²) >= 11 is 1.91. The molecular weight excluding hydrogens is 240 g/mol. The van der Waals surface area contributed by atoms with E-state index in [0.29, 0.717) is 0 Å². The number of hydrogen-bond donors (Lipinski definition) is 0. The molecule has 3 rings (SSSR count). The summed E-state index contributed by atoms with van der Waals surface area (Å²) in [6.45, 7) is 7.27. The van der Waals surface area contributed by atoms with E-state index >= 15 is 0 Å². The average molecular weight is 256 g/mol. The van der Waals surface area contributed by atoms with Gasteiger partial charge in [-0.3, -0.25) is 0 Å². The van der Waals surface area contributed by atoms with Crippen molar-refractivity contribution >= 4 is 44.8 Å². The molecular formula is C15H16SSi. The topological polar surface area (TPSA) is 0 Å². The van der Waals surface area contributed by atoms with Crippen LogP contribution >= 0.6 is 11.3 Å². The van der Waals surface area contributed by atoms with Gasteiger partial charge in [-0.25, -0.2) is 0 Å². The molecule has 1 heterocycles. The molecule has 0 unspecified atom stereocenters. The van der Waals surface area contributed by atoms with Crippen LogP contribution in [0.4, 0.5) is 0 Å². The normalized spacial score (nSPS) is 12.4. The molecule has 0 aliphatic heterocycles. The highest BCUT2D eigenvalue weighted by Gasteiger charge is 2.20. The Hall–Kier alpha value is -1.12. The lowest BCUT2D eigenvalue weighted by molar-refractivity contribution is 1.74. The van der Waals surface area contributed by atoms with Gasteiger partial charge in [-0.15, -0.1) is 11.3 Å². The summed E-state index contributed by atoms with van der Waals surface area (Å²) in [6.07, 6.45) is 0. The maximum Gasteiger partial charge on any atom is 0.0784 e. The third kappa shape index (κ3) is 1.72. The minimum atomic E-state index is -1.27. The van der Waals surface area contributed by atoms with Crippen LogP contribution in [-0.2, 0) is 0 Å². The molecule has 0 saturated heterocycles. The zero-order valence-electron chi connectivity index (χ0n) is 10.4. The van der Waals surface area contributed by atoms with E-state index < -0.39 is 8.07 Å². The molecule has 2 heteroatoms. The highest BCUT2D eigenvalue weighted by atomic mass is 32.1. The predicted molar refractivity (Wildman–Crippen MR) is 82.3 cm³/mol. The van der Waals surface area contributed by atoms with Gasteiger partial charge in [-0.05, 0) is 17.5 Å². The standard InChI is InChI=1S/C15H16SSi/c1-17(2,3)14-10-6-9-13-15(14)11-7-4-5-8-12(11)16-13/h4-10H,1-3H3. The Morgan fingerprint density at radius 2 is 1.53 bits per heavy atom. The maximum atomic E-state index is 2.42. The Morgan fingerprint density at radius 3 is 2.29 bits per heavy atom. The first kappa shape index (κ1) is 11.0. The largest absolute Gasteiger partial charge is 0.135 e.